The van der Waals surface area contributed by atoms with Crippen LogP contribution in [0.25, 0.3) is 0 Å². The summed E-state index contributed by atoms with van der Waals surface area (Å²) < 4.78 is 92.4. The van der Waals surface area contributed by atoms with Crippen LogP contribution in [0.2, 0.25) is 0 Å². The van der Waals surface area contributed by atoms with Crippen molar-refractivity contribution in [2.24, 2.45) is 0 Å². The van der Waals surface area contributed by atoms with E-state index in [-0.39, 0.29) is 24.7 Å². The second-order valence-corrected chi connectivity index (χ2v) is 7.94. The molecule has 1 unspecified atom stereocenters. The Labute approximate surface area is 190 Å². The van der Waals surface area contributed by atoms with Crippen molar-refractivity contribution in [3.05, 3.63) is 70.0 Å². The van der Waals surface area contributed by atoms with Crippen molar-refractivity contribution in [2.45, 2.75) is 31.9 Å². The van der Waals surface area contributed by atoms with Crippen LogP contribution in [-0.2, 0) is 23.7 Å². The van der Waals surface area contributed by atoms with Gasteiger partial charge in [-0.25, -0.2) is 9.18 Å². The summed E-state index contributed by atoms with van der Waals surface area (Å²) in [6, 6.07) is 2.83. The molecule has 0 spiro atoms. The molecule has 3 amide bonds. The van der Waals surface area contributed by atoms with Crippen LogP contribution in [0.1, 0.15) is 33.9 Å². The molecule has 0 aliphatic carbocycles. The number of amides is 3. The molecular formula is C22H20F7N3O2. The lowest BCUT2D eigenvalue weighted by Gasteiger charge is -2.38. The molecule has 1 aliphatic heterocycles. The standard InChI is InChI=1S/C22H20F7N3O2/c1-12-7-16(23)3-4-17(12)18-19(33)30-5-6-32(18)20(34)31(2)11-13-8-14(21(24,25)26)10-15(9-13)22(27,28)29/h3-4,7-10,18H,5-6,11H2,1-2H3,(H,30,33). The summed E-state index contributed by atoms with van der Waals surface area (Å²) in [5.74, 6) is -1.08. The first kappa shape index (κ1) is 25.3. The Bertz CT molecular complexity index is 1070. The molecule has 3 rings (SSSR count). The molecule has 1 heterocycles. The van der Waals surface area contributed by atoms with Crippen LogP contribution in [0.4, 0.5) is 35.5 Å². The molecule has 0 saturated carbocycles. The van der Waals surface area contributed by atoms with Crippen molar-refractivity contribution in [1.82, 2.24) is 15.1 Å². The first-order valence-electron chi connectivity index (χ1n) is 10.0. The van der Waals surface area contributed by atoms with E-state index in [1.54, 1.807) is 6.92 Å². The molecule has 184 valence electrons. The number of aryl methyl sites for hydroxylation is 1. The highest BCUT2D eigenvalue weighted by molar-refractivity contribution is 5.89. The summed E-state index contributed by atoms with van der Waals surface area (Å²) in [6.45, 7) is 1.11. The number of halogens is 7. The van der Waals surface area contributed by atoms with Crippen molar-refractivity contribution >= 4 is 11.9 Å². The van der Waals surface area contributed by atoms with E-state index in [0.717, 1.165) is 15.9 Å². The summed E-state index contributed by atoms with van der Waals surface area (Å²) in [7, 11) is 1.21. The van der Waals surface area contributed by atoms with Gasteiger partial charge in [-0.2, -0.15) is 26.3 Å². The van der Waals surface area contributed by atoms with E-state index in [1.807, 2.05) is 0 Å². The number of carbonyl (C=O) groups is 2. The first-order valence-corrected chi connectivity index (χ1v) is 10.0. The molecule has 0 bridgehead atoms. The second-order valence-electron chi connectivity index (χ2n) is 7.94. The zero-order chi connectivity index (χ0) is 25.4. The van der Waals surface area contributed by atoms with E-state index in [4.69, 9.17) is 0 Å². The zero-order valence-electron chi connectivity index (χ0n) is 18.0. The summed E-state index contributed by atoms with van der Waals surface area (Å²) in [5.41, 5.74) is -2.62. The van der Waals surface area contributed by atoms with Crippen LogP contribution in [0.3, 0.4) is 0 Å². The summed E-state index contributed by atoms with van der Waals surface area (Å²) >= 11 is 0. The number of rotatable bonds is 3. The number of alkyl halides is 6. The van der Waals surface area contributed by atoms with Gasteiger partial charge in [0.15, 0.2) is 0 Å². The van der Waals surface area contributed by atoms with Gasteiger partial charge in [0.1, 0.15) is 11.9 Å². The lowest BCUT2D eigenvalue weighted by molar-refractivity contribution is -0.143. The lowest BCUT2D eigenvalue weighted by Crippen LogP contribution is -2.55. The van der Waals surface area contributed by atoms with Crippen LogP contribution in [0, 0.1) is 12.7 Å². The van der Waals surface area contributed by atoms with Gasteiger partial charge in [-0.1, -0.05) is 6.07 Å². The van der Waals surface area contributed by atoms with Crippen LogP contribution < -0.4 is 5.32 Å². The van der Waals surface area contributed by atoms with Crippen molar-refractivity contribution < 1.29 is 40.3 Å². The number of hydrogen-bond acceptors (Lipinski definition) is 2. The molecule has 1 atom stereocenters. The molecule has 5 nitrogen and oxygen atoms in total. The molecular weight excluding hydrogens is 471 g/mol. The van der Waals surface area contributed by atoms with Gasteiger partial charge < -0.3 is 15.1 Å². The maximum Gasteiger partial charge on any atom is 0.416 e. The van der Waals surface area contributed by atoms with Crippen molar-refractivity contribution in [2.75, 3.05) is 20.1 Å². The largest absolute Gasteiger partial charge is 0.416 e. The Balaban J connectivity index is 1.91. The smallest absolute Gasteiger partial charge is 0.352 e. The third-order valence-corrected chi connectivity index (χ3v) is 5.38. The molecule has 1 saturated heterocycles. The normalized spacial score (nSPS) is 16.9. The third-order valence-electron chi connectivity index (χ3n) is 5.38. The SMILES string of the molecule is Cc1cc(F)ccc1C1C(=O)NCCN1C(=O)N(C)Cc1cc(C(F)(F)F)cc(C(F)(F)F)c1. The van der Waals surface area contributed by atoms with E-state index in [0.29, 0.717) is 23.3 Å². The molecule has 1 fully saturated rings. The number of benzene rings is 2. The monoisotopic (exact) mass is 491 g/mol. The van der Waals surface area contributed by atoms with Gasteiger partial charge in [-0.15, -0.1) is 0 Å². The van der Waals surface area contributed by atoms with Gasteiger partial charge >= 0.3 is 18.4 Å². The Morgan fingerprint density at radius 1 is 1.06 bits per heavy atom. The molecule has 12 heteroatoms. The summed E-state index contributed by atoms with van der Waals surface area (Å²) in [4.78, 5) is 27.8. The van der Waals surface area contributed by atoms with Crippen LogP contribution in [-0.4, -0.2) is 41.9 Å². The van der Waals surface area contributed by atoms with Crippen molar-refractivity contribution in [3.63, 3.8) is 0 Å². The number of urea groups is 1. The maximum atomic E-state index is 13.5. The van der Waals surface area contributed by atoms with Crippen molar-refractivity contribution in [3.8, 4) is 0 Å². The average Bonchev–Trinajstić information content (AvgIpc) is 2.72. The molecule has 2 aromatic rings. The topological polar surface area (TPSA) is 52.7 Å². The van der Waals surface area contributed by atoms with E-state index >= 15 is 0 Å². The Morgan fingerprint density at radius 2 is 1.65 bits per heavy atom. The Hall–Kier alpha value is -3.31. The molecule has 2 aromatic carbocycles. The minimum atomic E-state index is -5.02. The average molecular weight is 491 g/mol. The molecule has 34 heavy (non-hydrogen) atoms. The fourth-order valence-corrected chi connectivity index (χ4v) is 3.80. The highest BCUT2D eigenvalue weighted by Gasteiger charge is 2.39. The molecule has 0 aromatic heterocycles. The number of hydrogen-bond donors (Lipinski definition) is 1. The van der Waals surface area contributed by atoms with Crippen LogP contribution in [0.15, 0.2) is 36.4 Å². The first-order chi connectivity index (χ1) is 15.7. The Kier molecular flexibility index (Phi) is 6.81. The number of carbonyl (C=O) groups excluding carboxylic acids is 2. The minimum absolute atomic E-state index is 0.00757. The predicted molar refractivity (Wildman–Crippen MR) is 107 cm³/mol. The van der Waals surface area contributed by atoms with Gasteiger partial charge in [-0.3, -0.25) is 4.79 Å². The second kappa shape index (κ2) is 9.15. The Morgan fingerprint density at radius 3 is 2.18 bits per heavy atom. The van der Waals surface area contributed by atoms with E-state index in [9.17, 15) is 40.3 Å². The van der Waals surface area contributed by atoms with E-state index < -0.39 is 53.8 Å². The van der Waals surface area contributed by atoms with Gasteiger partial charge in [0.25, 0.3) is 0 Å². The third kappa shape index (κ3) is 5.42. The molecule has 1 aliphatic rings. The van der Waals surface area contributed by atoms with Crippen LogP contribution >= 0.6 is 0 Å². The zero-order valence-corrected chi connectivity index (χ0v) is 18.0. The maximum absolute atomic E-state index is 13.5. The van der Waals surface area contributed by atoms with Gasteiger partial charge in [-0.05, 0) is 53.9 Å². The van der Waals surface area contributed by atoms with E-state index in [2.05, 4.69) is 5.32 Å². The van der Waals surface area contributed by atoms with E-state index in [1.165, 1.54) is 19.2 Å². The fraction of sp³-hybridized carbons (Fsp3) is 0.364. The molecule has 1 N–H and O–H groups in total. The summed E-state index contributed by atoms with van der Waals surface area (Å²) in [5, 5.41) is 2.60. The molecule has 0 radical (unpaired) electrons. The highest BCUT2D eigenvalue weighted by Crippen LogP contribution is 2.36. The van der Waals surface area contributed by atoms with Gasteiger partial charge in [0.05, 0.1) is 11.1 Å². The number of piperazine rings is 1. The quantitative estimate of drug-likeness (QED) is 0.622. The summed E-state index contributed by atoms with van der Waals surface area (Å²) in [6.07, 6.45) is -10.0. The highest BCUT2D eigenvalue weighted by atomic mass is 19.4. The fourth-order valence-electron chi connectivity index (χ4n) is 3.80. The number of nitrogens with one attached hydrogen (secondary N) is 1. The minimum Gasteiger partial charge on any atom is -0.352 e. The lowest BCUT2D eigenvalue weighted by atomic mass is 9.97. The van der Waals surface area contributed by atoms with Gasteiger partial charge in [0.2, 0.25) is 5.91 Å². The number of nitrogens with zero attached hydrogens (tertiary/aromatic N) is 2. The van der Waals surface area contributed by atoms with Crippen LogP contribution in [0.5, 0.6) is 0 Å². The van der Waals surface area contributed by atoms with Gasteiger partial charge in [0, 0.05) is 26.7 Å². The van der Waals surface area contributed by atoms with Crippen molar-refractivity contribution in [1.29, 1.82) is 0 Å². The predicted octanol–water partition coefficient (Wildman–Crippen LogP) is 4.90.